The van der Waals surface area contributed by atoms with Gasteiger partial charge < -0.3 is 19.5 Å². The highest BCUT2D eigenvalue weighted by atomic mass is 19.1. The lowest BCUT2D eigenvalue weighted by molar-refractivity contribution is -0.114. The SMILES string of the molecule is CC(=O)Nc1cn2nc(-c3c(-c4ccc(F)cc4)ncn3C3CN(C(=O)OC(C)(C)C)C3)ccc2n1. The number of halogens is 1. The lowest BCUT2D eigenvalue weighted by atomic mass is 10.1. The summed E-state index contributed by atoms with van der Waals surface area (Å²) in [7, 11) is 0. The fourth-order valence-electron chi connectivity index (χ4n) is 4.07. The van der Waals surface area contributed by atoms with Crippen LogP contribution in [0.2, 0.25) is 0 Å². The van der Waals surface area contributed by atoms with E-state index in [4.69, 9.17) is 9.84 Å². The van der Waals surface area contributed by atoms with E-state index in [1.54, 1.807) is 40.1 Å². The van der Waals surface area contributed by atoms with Gasteiger partial charge in [0.15, 0.2) is 11.5 Å². The first-order valence-electron chi connectivity index (χ1n) is 11.5. The normalized spacial score (nSPS) is 14.1. The van der Waals surface area contributed by atoms with Crippen LogP contribution in [0, 0.1) is 5.82 Å². The van der Waals surface area contributed by atoms with Gasteiger partial charge in [-0.05, 0) is 57.2 Å². The fourth-order valence-corrected chi connectivity index (χ4v) is 4.07. The highest BCUT2D eigenvalue weighted by Gasteiger charge is 2.36. The maximum absolute atomic E-state index is 13.6. The van der Waals surface area contributed by atoms with Gasteiger partial charge in [0.2, 0.25) is 5.91 Å². The van der Waals surface area contributed by atoms with Crippen LogP contribution in [0.1, 0.15) is 33.7 Å². The molecule has 10 nitrogen and oxygen atoms in total. The van der Waals surface area contributed by atoms with Gasteiger partial charge in [-0.3, -0.25) is 4.79 Å². The van der Waals surface area contributed by atoms with Crippen LogP contribution in [-0.2, 0) is 9.53 Å². The molecule has 2 amide bonds. The van der Waals surface area contributed by atoms with E-state index in [0.717, 1.165) is 11.3 Å². The van der Waals surface area contributed by atoms with E-state index in [1.807, 2.05) is 31.4 Å². The molecule has 1 aliphatic rings. The van der Waals surface area contributed by atoms with Gasteiger partial charge >= 0.3 is 6.09 Å². The Balaban J connectivity index is 1.51. The Bertz CT molecular complexity index is 1450. The highest BCUT2D eigenvalue weighted by Crippen LogP contribution is 2.35. The zero-order valence-corrected chi connectivity index (χ0v) is 20.4. The molecular formula is C25H26FN7O3. The lowest BCUT2D eigenvalue weighted by Crippen LogP contribution is -2.52. The molecule has 0 atom stereocenters. The second kappa shape index (κ2) is 8.74. The van der Waals surface area contributed by atoms with Crippen LogP contribution in [-0.4, -0.2) is 59.7 Å². The number of imidazole rings is 2. The van der Waals surface area contributed by atoms with Crippen LogP contribution >= 0.6 is 0 Å². The predicted molar refractivity (Wildman–Crippen MR) is 131 cm³/mol. The minimum absolute atomic E-state index is 0.0376. The van der Waals surface area contributed by atoms with E-state index in [1.165, 1.54) is 19.1 Å². The first kappa shape index (κ1) is 23.5. The number of anilines is 1. The molecule has 4 heterocycles. The van der Waals surface area contributed by atoms with Crippen LogP contribution in [0.4, 0.5) is 15.0 Å². The number of benzene rings is 1. The second-order valence-corrected chi connectivity index (χ2v) is 9.72. The van der Waals surface area contributed by atoms with E-state index in [-0.39, 0.29) is 23.9 Å². The second-order valence-electron chi connectivity index (χ2n) is 9.72. The van der Waals surface area contributed by atoms with Crippen molar-refractivity contribution in [2.45, 2.75) is 39.3 Å². The van der Waals surface area contributed by atoms with Gasteiger partial charge in [0.1, 0.15) is 17.1 Å². The minimum atomic E-state index is -0.571. The van der Waals surface area contributed by atoms with E-state index in [9.17, 15) is 14.0 Å². The molecule has 1 saturated heterocycles. The Morgan fingerprint density at radius 2 is 1.83 bits per heavy atom. The Labute approximate surface area is 206 Å². The number of carbonyl (C=O) groups is 2. The third-order valence-corrected chi connectivity index (χ3v) is 5.69. The summed E-state index contributed by atoms with van der Waals surface area (Å²) in [5.41, 5.74) is 2.71. The summed E-state index contributed by atoms with van der Waals surface area (Å²) in [4.78, 5) is 34.5. The van der Waals surface area contributed by atoms with E-state index in [0.29, 0.717) is 35.9 Å². The van der Waals surface area contributed by atoms with Crippen molar-refractivity contribution in [3.8, 4) is 22.6 Å². The molecule has 5 rings (SSSR count). The molecule has 3 aromatic heterocycles. The number of fused-ring (bicyclic) bond motifs is 1. The van der Waals surface area contributed by atoms with Crippen molar-refractivity contribution in [2.24, 2.45) is 0 Å². The van der Waals surface area contributed by atoms with Crippen LogP contribution in [0.3, 0.4) is 0 Å². The molecule has 1 fully saturated rings. The lowest BCUT2D eigenvalue weighted by Gasteiger charge is -2.40. The minimum Gasteiger partial charge on any atom is -0.444 e. The molecule has 1 aliphatic heterocycles. The van der Waals surface area contributed by atoms with E-state index in [2.05, 4.69) is 15.3 Å². The summed E-state index contributed by atoms with van der Waals surface area (Å²) in [5, 5.41) is 7.37. The summed E-state index contributed by atoms with van der Waals surface area (Å²) in [6, 6.07) is 9.70. The molecule has 0 radical (unpaired) electrons. The Morgan fingerprint density at radius 1 is 1.11 bits per heavy atom. The number of hydrogen-bond acceptors (Lipinski definition) is 6. The number of hydrogen-bond donors (Lipinski definition) is 1. The zero-order chi connectivity index (χ0) is 25.6. The van der Waals surface area contributed by atoms with Crippen LogP contribution < -0.4 is 5.32 Å². The number of nitrogens with zero attached hydrogens (tertiary/aromatic N) is 6. The third-order valence-electron chi connectivity index (χ3n) is 5.69. The van der Waals surface area contributed by atoms with Gasteiger partial charge in [0.25, 0.3) is 0 Å². The monoisotopic (exact) mass is 491 g/mol. The molecule has 0 bridgehead atoms. The van der Waals surface area contributed by atoms with Crippen LogP contribution in [0.5, 0.6) is 0 Å². The number of rotatable bonds is 4. The predicted octanol–water partition coefficient (Wildman–Crippen LogP) is 4.15. The molecule has 0 spiro atoms. The van der Waals surface area contributed by atoms with E-state index < -0.39 is 5.60 Å². The maximum Gasteiger partial charge on any atom is 0.410 e. The molecular weight excluding hydrogens is 465 g/mol. The standard InChI is InChI=1S/C25H26FN7O3/c1-15(34)28-20-13-33-21(29-20)10-9-19(30-33)23-22(16-5-7-17(26)8-6-16)27-14-32(23)18-11-31(12-18)24(35)36-25(2,3)4/h5-10,13-14,18H,11-12H2,1-4H3,(H,28,34). The van der Waals surface area contributed by atoms with Gasteiger partial charge in [-0.15, -0.1) is 0 Å². The van der Waals surface area contributed by atoms with Crippen molar-refractivity contribution in [1.29, 1.82) is 0 Å². The number of carbonyl (C=O) groups excluding carboxylic acids is 2. The fraction of sp³-hybridized carbons (Fsp3) is 0.320. The average Bonchev–Trinajstić information content (AvgIpc) is 3.34. The molecule has 0 saturated carbocycles. The summed E-state index contributed by atoms with van der Waals surface area (Å²) in [6.07, 6.45) is 2.99. The van der Waals surface area contributed by atoms with Crippen molar-refractivity contribution in [1.82, 2.24) is 29.0 Å². The maximum atomic E-state index is 13.6. The Morgan fingerprint density at radius 3 is 2.50 bits per heavy atom. The summed E-state index contributed by atoms with van der Waals surface area (Å²) < 4.78 is 22.6. The summed E-state index contributed by atoms with van der Waals surface area (Å²) >= 11 is 0. The van der Waals surface area contributed by atoms with Crippen molar-refractivity contribution in [3.05, 3.63) is 54.7 Å². The van der Waals surface area contributed by atoms with Gasteiger partial charge in [-0.1, -0.05) is 0 Å². The van der Waals surface area contributed by atoms with Gasteiger partial charge in [-0.25, -0.2) is 23.7 Å². The van der Waals surface area contributed by atoms with Gasteiger partial charge in [-0.2, -0.15) is 5.10 Å². The van der Waals surface area contributed by atoms with Crippen molar-refractivity contribution in [2.75, 3.05) is 18.4 Å². The zero-order valence-electron chi connectivity index (χ0n) is 20.4. The molecule has 1 aromatic carbocycles. The van der Waals surface area contributed by atoms with E-state index >= 15 is 0 Å². The molecule has 36 heavy (non-hydrogen) atoms. The van der Waals surface area contributed by atoms with Crippen molar-refractivity contribution in [3.63, 3.8) is 0 Å². The molecule has 186 valence electrons. The van der Waals surface area contributed by atoms with Crippen molar-refractivity contribution < 1.29 is 18.7 Å². The quantitative estimate of drug-likeness (QED) is 0.460. The first-order chi connectivity index (χ1) is 17.1. The molecule has 1 N–H and O–H groups in total. The smallest absolute Gasteiger partial charge is 0.410 e. The number of aromatic nitrogens is 5. The highest BCUT2D eigenvalue weighted by molar-refractivity contribution is 5.88. The molecule has 4 aromatic rings. The number of likely N-dealkylation sites (tertiary alicyclic amines) is 1. The molecule has 0 aliphatic carbocycles. The third kappa shape index (κ3) is 4.64. The Hall–Kier alpha value is -4.28. The number of ether oxygens (including phenoxy) is 1. The van der Waals surface area contributed by atoms with Crippen LogP contribution in [0.15, 0.2) is 48.9 Å². The van der Waals surface area contributed by atoms with Crippen LogP contribution in [0.25, 0.3) is 28.3 Å². The summed E-state index contributed by atoms with van der Waals surface area (Å²) in [6.45, 7) is 7.83. The molecule has 0 unspecified atom stereocenters. The van der Waals surface area contributed by atoms with Gasteiger partial charge in [0, 0.05) is 25.6 Å². The van der Waals surface area contributed by atoms with Gasteiger partial charge in [0.05, 0.1) is 30.0 Å². The first-order valence-corrected chi connectivity index (χ1v) is 11.5. The Kier molecular flexibility index (Phi) is 5.70. The number of nitrogens with one attached hydrogen (secondary N) is 1. The number of amides is 2. The largest absolute Gasteiger partial charge is 0.444 e. The average molecular weight is 492 g/mol. The summed E-state index contributed by atoms with van der Waals surface area (Å²) in [5.74, 6) is -0.170. The van der Waals surface area contributed by atoms with Crippen molar-refractivity contribution >= 4 is 23.5 Å². The topological polar surface area (TPSA) is 107 Å². The molecule has 11 heteroatoms.